The number of rotatable bonds is 2. The molecule has 1 aromatic carbocycles. The van der Waals surface area contributed by atoms with E-state index in [9.17, 15) is 0 Å². The van der Waals surface area contributed by atoms with Crippen LogP contribution < -0.4 is 5.32 Å². The average molecular weight is 256 g/mol. The fraction of sp³-hybridized carbons (Fsp3) is 0.500. The molecule has 3 heterocycles. The SMILES string of the molecule is c1c(CC2CNCCO2)cc2ccn3c2c1CCC3. The van der Waals surface area contributed by atoms with Crippen molar-refractivity contribution in [3.63, 3.8) is 0 Å². The zero-order chi connectivity index (χ0) is 12.7. The van der Waals surface area contributed by atoms with Gasteiger partial charge in [-0.25, -0.2) is 0 Å². The summed E-state index contributed by atoms with van der Waals surface area (Å²) in [6.45, 7) is 3.99. The summed E-state index contributed by atoms with van der Waals surface area (Å²) in [6, 6.07) is 7.00. The lowest BCUT2D eigenvalue weighted by atomic mass is 9.97. The summed E-state index contributed by atoms with van der Waals surface area (Å²) in [7, 11) is 0. The second-order valence-electron chi connectivity index (χ2n) is 5.71. The lowest BCUT2D eigenvalue weighted by Gasteiger charge is -2.24. The van der Waals surface area contributed by atoms with Gasteiger partial charge in [-0.05, 0) is 42.5 Å². The Morgan fingerprint density at radius 1 is 1.37 bits per heavy atom. The molecule has 1 unspecified atom stereocenters. The number of aryl methyl sites for hydroxylation is 2. The molecule has 2 aromatic rings. The summed E-state index contributed by atoms with van der Waals surface area (Å²) < 4.78 is 8.22. The lowest BCUT2D eigenvalue weighted by Crippen LogP contribution is -2.39. The largest absolute Gasteiger partial charge is 0.375 e. The van der Waals surface area contributed by atoms with Gasteiger partial charge in [-0.1, -0.05) is 6.07 Å². The minimum atomic E-state index is 0.337. The summed E-state index contributed by atoms with van der Waals surface area (Å²) in [5.41, 5.74) is 4.40. The molecule has 0 radical (unpaired) electrons. The quantitative estimate of drug-likeness (QED) is 0.890. The number of aromatic nitrogens is 1. The number of nitrogens with one attached hydrogen (secondary N) is 1. The highest BCUT2D eigenvalue weighted by Gasteiger charge is 2.17. The van der Waals surface area contributed by atoms with E-state index in [1.165, 1.54) is 41.4 Å². The molecular formula is C16H20N2O. The van der Waals surface area contributed by atoms with Crippen molar-refractivity contribution in [2.45, 2.75) is 31.9 Å². The van der Waals surface area contributed by atoms with E-state index in [2.05, 4.69) is 34.3 Å². The third kappa shape index (κ3) is 2.07. The number of morpholine rings is 1. The van der Waals surface area contributed by atoms with Gasteiger partial charge in [0, 0.05) is 31.2 Å². The molecule has 0 bridgehead atoms. The third-order valence-corrected chi connectivity index (χ3v) is 4.31. The number of ether oxygens (including phenoxy) is 1. The van der Waals surface area contributed by atoms with Crippen LogP contribution in [-0.2, 0) is 24.1 Å². The molecule has 1 atom stereocenters. The number of hydrogen-bond acceptors (Lipinski definition) is 2. The van der Waals surface area contributed by atoms with Crippen LogP contribution in [0.3, 0.4) is 0 Å². The highest BCUT2D eigenvalue weighted by Crippen LogP contribution is 2.28. The Bertz CT molecular complexity index is 596. The summed E-state index contributed by atoms with van der Waals surface area (Å²) >= 11 is 0. The second kappa shape index (κ2) is 4.66. The van der Waals surface area contributed by atoms with Crippen LogP contribution in [0.1, 0.15) is 17.5 Å². The Morgan fingerprint density at radius 2 is 2.37 bits per heavy atom. The zero-order valence-corrected chi connectivity index (χ0v) is 11.2. The Labute approximate surface area is 113 Å². The van der Waals surface area contributed by atoms with Crippen LogP contribution in [-0.4, -0.2) is 30.4 Å². The van der Waals surface area contributed by atoms with Gasteiger partial charge in [0.15, 0.2) is 0 Å². The molecule has 4 rings (SSSR count). The maximum atomic E-state index is 5.82. The van der Waals surface area contributed by atoms with Crippen molar-refractivity contribution in [1.29, 1.82) is 0 Å². The van der Waals surface area contributed by atoms with Gasteiger partial charge in [0.1, 0.15) is 0 Å². The van der Waals surface area contributed by atoms with Crippen LogP contribution in [0.4, 0.5) is 0 Å². The molecular weight excluding hydrogens is 236 g/mol. The molecule has 100 valence electrons. The minimum absolute atomic E-state index is 0.337. The minimum Gasteiger partial charge on any atom is -0.375 e. The predicted molar refractivity (Wildman–Crippen MR) is 76.6 cm³/mol. The van der Waals surface area contributed by atoms with Crippen molar-refractivity contribution >= 4 is 10.9 Å². The smallest absolute Gasteiger partial charge is 0.0740 e. The summed E-state index contributed by atoms with van der Waals surface area (Å²) in [5, 5.41) is 4.81. The van der Waals surface area contributed by atoms with Crippen LogP contribution >= 0.6 is 0 Å². The van der Waals surface area contributed by atoms with Crippen molar-refractivity contribution in [2.24, 2.45) is 0 Å². The third-order valence-electron chi connectivity index (χ3n) is 4.31. The molecule has 0 aliphatic carbocycles. The van der Waals surface area contributed by atoms with E-state index in [0.717, 1.165) is 26.1 Å². The number of benzene rings is 1. The molecule has 0 spiro atoms. The Kier molecular flexibility index (Phi) is 2.82. The van der Waals surface area contributed by atoms with Crippen LogP contribution in [0.25, 0.3) is 10.9 Å². The molecule has 19 heavy (non-hydrogen) atoms. The van der Waals surface area contributed by atoms with E-state index in [1.54, 1.807) is 0 Å². The summed E-state index contributed by atoms with van der Waals surface area (Å²) in [6.07, 6.45) is 6.08. The van der Waals surface area contributed by atoms with Gasteiger partial charge in [0.05, 0.1) is 18.2 Å². The normalized spacial score (nSPS) is 22.8. The van der Waals surface area contributed by atoms with Gasteiger partial charge in [-0.3, -0.25) is 0 Å². The highest BCUT2D eigenvalue weighted by molar-refractivity contribution is 5.84. The van der Waals surface area contributed by atoms with Gasteiger partial charge >= 0.3 is 0 Å². The molecule has 3 heteroatoms. The van der Waals surface area contributed by atoms with Crippen LogP contribution in [0.15, 0.2) is 24.4 Å². The molecule has 1 N–H and O–H groups in total. The molecule has 0 amide bonds. The zero-order valence-electron chi connectivity index (χ0n) is 11.2. The Hall–Kier alpha value is -1.32. The predicted octanol–water partition coefficient (Wildman–Crippen LogP) is 2.12. The maximum absolute atomic E-state index is 5.82. The van der Waals surface area contributed by atoms with E-state index >= 15 is 0 Å². The van der Waals surface area contributed by atoms with Crippen molar-refractivity contribution in [2.75, 3.05) is 19.7 Å². The van der Waals surface area contributed by atoms with E-state index in [-0.39, 0.29) is 0 Å². The highest BCUT2D eigenvalue weighted by atomic mass is 16.5. The van der Waals surface area contributed by atoms with Crippen molar-refractivity contribution in [3.05, 3.63) is 35.5 Å². The van der Waals surface area contributed by atoms with E-state index < -0.39 is 0 Å². The van der Waals surface area contributed by atoms with Crippen LogP contribution in [0.5, 0.6) is 0 Å². The number of hydrogen-bond donors (Lipinski definition) is 1. The molecule has 3 nitrogen and oxygen atoms in total. The topological polar surface area (TPSA) is 26.2 Å². The molecule has 1 fully saturated rings. The first-order chi connectivity index (χ1) is 9.40. The molecule has 1 saturated heterocycles. The average Bonchev–Trinajstić information content (AvgIpc) is 2.85. The van der Waals surface area contributed by atoms with Crippen molar-refractivity contribution in [3.8, 4) is 0 Å². The molecule has 2 aliphatic heterocycles. The van der Waals surface area contributed by atoms with Gasteiger partial charge in [0.2, 0.25) is 0 Å². The number of nitrogens with zero attached hydrogens (tertiary/aromatic N) is 1. The first-order valence-electron chi connectivity index (χ1n) is 7.33. The second-order valence-corrected chi connectivity index (χ2v) is 5.71. The Balaban J connectivity index is 1.67. The fourth-order valence-corrected chi connectivity index (χ4v) is 3.46. The molecule has 2 aliphatic rings. The van der Waals surface area contributed by atoms with Gasteiger partial charge in [0.25, 0.3) is 0 Å². The molecule has 0 saturated carbocycles. The first-order valence-corrected chi connectivity index (χ1v) is 7.33. The van der Waals surface area contributed by atoms with E-state index in [0.29, 0.717) is 6.10 Å². The van der Waals surface area contributed by atoms with Crippen LogP contribution in [0, 0.1) is 0 Å². The van der Waals surface area contributed by atoms with Crippen molar-refractivity contribution in [1.82, 2.24) is 9.88 Å². The Morgan fingerprint density at radius 3 is 3.26 bits per heavy atom. The van der Waals surface area contributed by atoms with Gasteiger partial charge < -0.3 is 14.6 Å². The van der Waals surface area contributed by atoms with Gasteiger partial charge in [-0.15, -0.1) is 0 Å². The lowest BCUT2D eigenvalue weighted by molar-refractivity contribution is 0.0292. The first kappa shape index (κ1) is 11.5. The van der Waals surface area contributed by atoms with Gasteiger partial charge in [-0.2, -0.15) is 0 Å². The molecule has 1 aromatic heterocycles. The van der Waals surface area contributed by atoms with E-state index in [4.69, 9.17) is 4.74 Å². The summed E-state index contributed by atoms with van der Waals surface area (Å²) in [4.78, 5) is 0. The maximum Gasteiger partial charge on any atom is 0.0740 e. The monoisotopic (exact) mass is 256 g/mol. The fourth-order valence-electron chi connectivity index (χ4n) is 3.46. The van der Waals surface area contributed by atoms with Crippen LogP contribution in [0.2, 0.25) is 0 Å². The summed E-state index contributed by atoms with van der Waals surface area (Å²) in [5.74, 6) is 0. The standard InChI is InChI=1S/C16H20N2O/c1-2-13-8-12(10-15-11-17-4-7-19-15)9-14-3-6-18(5-1)16(13)14/h3,6,8-9,15,17H,1-2,4-5,7,10-11H2. The van der Waals surface area contributed by atoms with Crippen molar-refractivity contribution < 1.29 is 4.74 Å². The van der Waals surface area contributed by atoms with E-state index in [1.807, 2.05) is 0 Å².